The van der Waals surface area contributed by atoms with Crippen LogP contribution in [0.1, 0.15) is 6.92 Å². The van der Waals surface area contributed by atoms with E-state index in [0.29, 0.717) is 0 Å². The second-order valence-corrected chi connectivity index (χ2v) is 2.69. The molecule has 0 aliphatic carbocycles. The van der Waals surface area contributed by atoms with E-state index in [1.807, 2.05) is 0 Å². The number of aliphatic hydroxyl groups excluding tert-OH is 2. The van der Waals surface area contributed by atoms with Gasteiger partial charge in [0.25, 0.3) is 0 Å². The number of rotatable bonds is 1. The van der Waals surface area contributed by atoms with Gasteiger partial charge in [-0.1, -0.05) is 6.00 Å². The molecule has 1 saturated heterocycles. The Labute approximate surface area is 92.8 Å². The minimum atomic E-state index is -0.903. The maximum atomic E-state index is 9.20. The molecular weight excluding hydrogens is 220 g/mol. The topological polar surface area (TPSA) is 49.7 Å². The van der Waals surface area contributed by atoms with Gasteiger partial charge in [0.05, 0.1) is 20.1 Å². The number of hydrogen-bond donors (Lipinski definition) is 2. The summed E-state index contributed by atoms with van der Waals surface area (Å²) in [5.41, 5.74) is -0.903. The van der Waals surface area contributed by atoms with Crippen molar-refractivity contribution in [2.75, 3.05) is 6.61 Å². The maximum absolute atomic E-state index is 9.20. The van der Waals surface area contributed by atoms with E-state index in [4.69, 9.17) is 17.7 Å². The first kappa shape index (κ1) is 12.0. The fourth-order valence-corrected chi connectivity index (χ4v) is 0.934. The standard InChI is InChI=1S/C6H10BO3.Y/c1-6(3-8)4(9)2-5(7)10-6;/h2,4-5,8-9H,3H2,1H3;/q-1;/t4?,5-,6-;/m1./s1. The zero-order valence-electron chi connectivity index (χ0n) is 6.40. The van der Waals surface area contributed by atoms with E-state index in [1.54, 1.807) is 6.92 Å². The van der Waals surface area contributed by atoms with Crippen molar-refractivity contribution in [1.29, 1.82) is 0 Å². The zero-order chi connectivity index (χ0) is 7.78. The molecule has 1 aliphatic heterocycles. The van der Waals surface area contributed by atoms with Crippen molar-refractivity contribution in [1.82, 2.24) is 0 Å². The average molecular weight is 230 g/mol. The quantitative estimate of drug-likeness (QED) is 0.440. The van der Waals surface area contributed by atoms with Gasteiger partial charge in [0.1, 0.15) is 0 Å². The van der Waals surface area contributed by atoms with Gasteiger partial charge in [0.2, 0.25) is 0 Å². The van der Waals surface area contributed by atoms with Gasteiger partial charge in [-0.05, 0) is 13.0 Å². The Hall–Kier alpha value is 1.05. The van der Waals surface area contributed by atoms with Crippen LogP contribution < -0.4 is 0 Å². The second-order valence-electron chi connectivity index (χ2n) is 2.69. The Morgan fingerprint density at radius 3 is 2.45 bits per heavy atom. The summed E-state index contributed by atoms with van der Waals surface area (Å²) in [6, 6.07) is -0.563. The van der Waals surface area contributed by atoms with Gasteiger partial charge < -0.3 is 14.9 Å². The molecule has 1 heterocycles. The maximum Gasteiger partial charge on any atom is 0.0823 e. The van der Waals surface area contributed by atoms with Crippen LogP contribution >= 0.6 is 0 Å². The van der Waals surface area contributed by atoms with Crippen molar-refractivity contribution < 1.29 is 47.7 Å². The van der Waals surface area contributed by atoms with Crippen LogP contribution in [0.5, 0.6) is 0 Å². The van der Waals surface area contributed by atoms with E-state index in [2.05, 4.69) is 0 Å². The Balaban J connectivity index is 0.000001000. The molecule has 0 amide bonds. The molecule has 3 nitrogen and oxygen atoms in total. The summed E-state index contributed by atoms with van der Waals surface area (Å²) < 4.78 is 5.03. The molecular formula is C6H10BO3Y-. The summed E-state index contributed by atoms with van der Waals surface area (Å²) in [5.74, 6) is 0. The van der Waals surface area contributed by atoms with Gasteiger partial charge in [-0.2, -0.15) is 0 Å². The molecule has 0 aromatic rings. The molecule has 0 bridgehead atoms. The molecule has 3 radical (unpaired) electrons. The van der Waals surface area contributed by atoms with Crippen LogP contribution in [0.3, 0.4) is 0 Å². The smallest absolute Gasteiger partial charge is 0.0823 e. The van der Waals surface area contributed by atoms with Crippen molar-refractivity contribution in [3.05, 3.63) is 6.42 Å². The van der Waals surface area contributed by atoms with Crippen LogP contribution in [-0.4, -0.2) is 42.4 Å². The first-order valence-electron chi connectivity index (χ1n) is 3.16. The molecule has 59 valence electrons. The predicted molar refractivity (Wildman–Crippen MR) is 36.4 cm³/mol. The molecule has 5 heteroatoms. The zero-order valence-corrected chi connectivity index (χ0v) is 9.23. The Morgan fingerprint density at radius 2 is 2.27 bits per heavy atom. The minimum Gasteiger partial charge on any atom is -0.422 e. The first-order chi connectivity index (χ1) is 4.58. The molecule has 0 aromatic carbocycles. The fourth-order valence-electron chi connectivity index (χ4n) is 0.934. The van der Waals surface area contributed by atoms with E-state index >= 15 is 0 Å². The number of ether oxygens (including phenoxy) is 1. The van der Waals surface area contributed by atoms with Crippen molar-refractivity contribution in [2.24, 2.45) is 0 Å². The van der Waals surface area contributed by atoms with Gasteiger partial charge in [0.15, 0.2) is 0 Å². The third-order valence-electron chi connectivity index (χ3n) is 1.72. The molecule has 0 spiro atoms. The molecule has 3 atom stereocenters. The second kappa shape index (κ2) is 4.33. The molecule has 0 saturated carbocycles. The van der Waals surface area contributed by atoms with Crippen LogP contribution in [0.25, 0.3) is 0 Å². The largest absolute Gasteiger partial charge is 0.422 e. The fraction of sp³-hybridized carbons (Fsp3) is 0.833. The summed E-state index contributed by atoms with van der Waals surface area (Å²) in [5, 5.41) is 18.0. The van der Waals surface area contributed by atoms with E-state index in [0.717, 1.165) is 0 Å². The normalized spacial score (nSPS) is 43.5. The van der Waals surface area contributed by atoms with E-state index in [9.17, 15) is 5.11 Å². The summed E-state index contributed by atoms with van der Waals surface area (Å²) in [6.45, 7) is 1.39. The molecule has 2 N–H and O–H groups in total. The Bertz CT molecular complexity index is 135. The van der Waals surface area contributed by atoms with Crippen LogP contribution in [0.2, 0.25) is 0 Å². The summed E-state index contributed by atoms with van der Waals surface area (Å²) in [6.07, 6.45) is 0.684. The van der Waals surface area contributed by atoms with Crippen LogP contribution in [0.4, 0.5) is 0 Å². The van der Waals surface area contributed by atoms with Crippen molar-refractivity contribution in [3.63, 3.8) is 0 Å². The SMILES string of the molecule is [B][C@H]1[CH-]C(O)[C@@](C)(CO)O1.[Y]. The van der Waals surface area contributed by atoms with Crippen LogP contribution in [0, 0.1) is 6.42 Å². The Morgan fingerprint density at radius 1 is 1.73 bits per heavy atom. The number of hydrogen-bond acceptors (Lipinski definition) is 3. The third-order valence-corrected chi connectivity index (χ3v) is 1.72. The molecule has 0 aromatic heterocycles. The first-order valence-corrected chi connectivity index (χ1v) is 3.16. The van der Waals surface area contributed by atoms with Crippen molar-refractivity contribution >= 4 is 7.85 Å². The third kappa shape index (κ3) is 2.49. The molecule has 1 aliphatic rings. The Kier molecular flexibility index (Phi) is 4.74. The predicted octanol–water partition coefficient (Wildman–Crippen LogP) is -1.18. The van der Waals surface area contributed by atoms with E-state index in [-0.39, 0.29) is 39.3 Å². The molecule has 1 unspecified atom stereocenters. The van der Waals surface area contributed by atoms with Crippen molar-refractivity contribution in [3.8, 4) is 0 Å². The van der Waals surface area contributed by atoms with Gasteiger partial charge in [-0.3, -0.25) is 6.42 Å². The van der Waals surface area contributed by atoms with Crippen LogP contribution in [0.15, 0.2) is 0 Å². The average Bonchev–Trinajstić information content (AvgIpc) is 2.09. The molecule has 1 rings (SSSR count). The van der Waals surface area contributed by atoms with Gasteiger partial charge >= 0.3 is 0 Å². The van der Waals surface area contributed by atoms with Gasteiger partial charge in [0, 0.05) is 32.7 Å². The summed E-state index contributed by atoms with van der Waals surface area (Å²) in [7, 11) is 5.33. The minimum absolute atomic E-state index is 0. The van der Waals surface area contributed by atoms with Crippen LogP contribution in [-0.2, 0) is 37.4 Å². The van der Waals surface area contributed by atoms with Gasteiger partial charge in [-0.25, -0.2) is 0 Å². The molecule has 1 fully saturated rings. The molecule has 11 heavy (non-hydrogen) atoms. The number of aliphatic hydroxyl groups is 2. The van der Waals surface area contributed by atoms with E-state index < -0.39 is 17.7 Å². The summed E-state index contributed by atoms with van der Waals surface area (Å²) >= 11 is 0. The summed E-state index contributed by atoms with van der Waals surface area (Å²) in [4.78, 5) is 0. The monoisotopic (exact) mass is 230 g/mol. The van der Waals surface area contributed by atoms with Gasteiger partial charge in [-0.15, -0.1) is 0 Å². The van der Waals surface area contributed by atoms with E-state index in [1.165, 1.54) is 6.42 Å². The van der Waals surface area contributed by atoms with Crippen molar-refractivity contribution in [2.45, 2.75) is 24.6 Å².